The number of nitro benzene ring substituents is 1. The topological polar surface area (TPSA) is 85.9 Å². The van der Waals surface area contributed by atoms with Crippen molar-refractivity contribution in [1.82, 2.24) is 9.38 Å². The summed E-state index contributed by atoms with van der Waals surface area (Å²) in [5, 5.41) is 12.4. The standard InChI is InChI=1S/C24H13Cl3N4O3/c25-14-4-7-17(20(27)11-14)23-24(30-10-2-1-3-22(30)29-23)28-13-16-6-9-21(34-16)18-12-15(31(32)33)5-8-19(18)26/h1-13H/b28-13+. The molecule has 0 saturated carbocycles. The Morgan fingerprint density at radius 1 is 0.971 bits per heavy atom. The first-order chi connectivity index (χ1) is 16.4. The highest BCUT2D eigenvalue weighted by molar-refractivity contribution is 6.36. The summed E-state index contributed by atoms with van der Waals surface area (Å²) < 4.78 is 7.68. The Labute approximate surface area is 208 Å². The minimum atomic E-state index is -0.487. The van der Waals surface area contributed by atoms with Gasteiger partial charge in [-0.25, -0.2) is 9.98 Å². The summed E-state index contributed by atoms with van der Waals surface area (Å²) in [5.41, 5.74) is 2.29. The molecule has 0 N–H and O–H groups in total. The molecule has 7 nitrogen and oxygen atoms in total. The first-order valence-corrected chi connectivity index (χ1v) is 11.0. The van der Waals surface area contributed by atoms with Crippen molar-refractivity contribution in [3.05, 3.63) is 104 Å². The van der Waals surface area contributed by atoms with E-state index < -0.39 is 4.92 Å². The highest BCUT2D eigenvalue weighted by Crippen LogP contribution is 2.37. The third-order valence-electron chi connectivity index (χ3n) is 5.06. The van der Waals surface area contributed by atoms with E-state index in [0.717, 1.165) is 0 Å². The molecule has 0 fully saturated rings. The highest BCUT2D eigenvalue weighted by atomic mass is 35.5. The normalized spacial score (nSPS) is 11.5. The first kappa shape index (κ1) is 22.2. The van der Waals surface area contributed by atoms with Crippen LogP contribution < -0.4 is 0 Å². The molecule has 168 valence electrons. The van der Waals surface area contributed by atoms with Crippen LogP contribution in [0.25, 0.3) is 28.2 Å². The van der Waals surface area contributed by atoms with Gasteiger partial charge in [-0.05, 0) is 48.5 Å². The molecule has 0 aliphatic heterocycles. The third-order valence-corrected chi connectivity index (χ3v) is 5.94. The fraction of sp³-hybridized carbons (Fsp3) is 0. The van der Waals surface area contributed by atoms with Gasteiger partial charge in [0.15, 0.2) is 5.82 Å². The number of hydrogen-bond donors (Lipinski definition) is 0. The summed E-state index contributed by atoms with van der Waals surface area (Å²) in [7, 11) is 0. The number of hydrogen-bond acceptors (Lipinski definition) is 5. The number of aromatic nitrogens is 2. The molecule has 0 bridgehead atoms. The molecule has 0 spiro atoms. The number of non-ortho nitro benzene ring substituents is 1. The van der Waals surface area contributed by atoms with Crippen LogP contribution in [0.5, 0.6) is 0 Å². The Morgan fingerprint density at radius 2 is 1.82 bits per heavy atom. The predicted molar refractivity (Wildman–Crippen MR) is 134 cm³/mol. The number of rotatable bonds is 5. The van der Waals surface area contributed by atoms with Gasteiger partial charge in [-0.2, -0.15) is 0 Å². The van der Waals surface area contributed by atoms with Crippen LogP contribution in [0, 0.1) is 10.1 Å². The Morgan fingerprint density at radius 3 is 2.62 bits per heavy atom. The molecular weight excluding hydrogens is 499 g/mol. The van der Waals surface area contributed by atoms with Gasteiger partial charge < -0.3 is 4.42 Å². The van der Waals surface area contributed by atoms with Crippen LogP contribution in [0.4, 0.5) is 11.5 Å². The second-order valence-electron chi connectivity index (χ2n) is 7.22. The smallest absolute Gasteiger partial charge is 0.270 e. The molecule has 0 aliphatic carbocycles. The molecule has 0 radical (unpaired) electrons. The SMILES string of the molecule is O=[N+]([O-])c1ccc(Cl)c(-c2ccc(/C=N/c3c(-c4ccc(Cl)cc4Cl)nc4ccccn34)o2)c1. The monoisotopic (exact) mass is 510 g/mol. The second-order valence-corrected chi connectivity index (χ2v) is 8.47. The number of pyridine rings is 1. The fourth-order valence-electron chi connectivity index (χ4n) is 3.48. The molecule has 0 saturated heterocycles. The number of halogens is 3. The molecule has 5 rings (SSSR count). The van der Waals surface area contributed by atoms with E-state index in [0.29, 0.717) is 54.9 Å². The Balaban J connectivity index is 1.56. The van der Waals surface area contributed by atoms with Gasteiger partial charge in [0.1, 0.15) is 22.9 Å². The molecule has 5 aromatic rings. The lowest BCUT2D eigenvalue weighted by atomic mass is 10.1. The van der Waals surface area contributed by atoms with Crippen molar-refractivity contribution in [3.8, 4) is 22.6 Å². The number of imidazole rings is 1. The van der Waals surface area contributed by atoms with Gasteiger partial charge in [0.05, 0.1) is 21.2 Å². The van der Waals surface area contributed by atoms with Crippen LogP contribution in [0.3, 0.4) is 0 Å². The molecule has 3 heterocycles. The number of fused-ring (bicyclic) bond motifs is 1. The summed E-state index contributed by atoms with van der Waals surface area (Å²) in [5.74, 6) is 1.36. The zero-order valence-electron chi connectivity index (χ0n) is 17.2. The van der Waals surface area contributed by atoms with Crippen LogP contribution in [0.1, 0.15) is 5.76 Å². The van der Waals surface area contributed by atoms with Gasteiger partial charge >= 0.3 is 0 Å². The van der Waals surface area contributed by atoms with Crippen LogP contribution >= 0.6 is 34.8 Å². The average Bonchev–Trinajstić information content (AvgIpc) is 3.42. The van der Waals surface area contributed by atoms with Gasteiger partial charge in [-0.1, -0.05) is 40.9 Å². The first-order valence-electron chi connectivity index (χ1n) is 9.91. The van der Waals surface area contributed by atoms with Crippen molar-refractivity contribution in [2.24, 2.45) is 4.99 Å². The Kier molecular flexibility index (Phi) is 5.83. The molecule has 0 unspecified atom stereocenters. The van der Waals surface area contributed by atoms with Crippen molar-refractivity contribution in [2.45, 2.75) is 0 Å². The number of nitrogens with zero attached hydrogens (tertiary/aromatic N) is 4. The van der Waals surface area contributed by atoms with Crippen LogP contribution in [0.2, 0.25) is 15.1 Å². The van der Waals surface area contributed by atoms with E-state index in [2.05, 4.69) is 9.98 Å². The van der Waals surface area contributed by atoms with Crippen LogP contribution in [0.15, 0.2) is 82.3 Å². The van der Waals surface area contributed by atoms with Crippen molar-refractivity contribution < 1.29 is 9.34 Å². The van der Waals surface area contributed by atoms with E-state index in [1.165, 1.54) is 18.2 Å². The van der Waals surface area contributed by atoms with Crippen molar-refractivity contribution in [1.29, 1.82) is 0 Å². The molecule has 34 heavy (non-hydrogen) atoms. The van der Waals surface area contributed by atoms with Gasteiger partial charge in [-0.3, -0.25) is 14.5 Å². The molecule has 0 amide bonds. The molecule has 2 aromatic carbocycles. The molecular formula is C24H13Cl3N4O3. The molecule has 10 heteroatoms. The lowest BCUT2D eigenvalue weighted by molar-refractivity contribution is -0.384. The van der Waals surface area contributed by atoms with E-state index in [4.69, 9.17) is 39.2 Å². The maximum atomic E-state index is 11.1. The van der Waals surface area contributed by atoms with Crippen molar-refractivity contribution >= 4 is 58.2 Å². The highest BCUT2D eigenvalue weighted by Gasteiger charge is 2.17. The summed E-state index contributed by atoms with van der Waals surface area (Å²) in [6.07, 6.45) is 3.39. The molecule has 0 atom stereocenters. The number of nitro groups is 1. The lowest BCUT2D eigenvalue weighted by Crippen LogP contribution is -1.88. The number of aliphatic imine (C=N–C) groups is 1. The fourth-order valence-corrected chi connectivity index (χ4v) is 4.18. The van der Waals surface area contributed by atoms with E-state index in [1.54, 1.807) is 36.5 Å². The van der Waals surface area contributed by atoms with Gasteiger partial charge in [0.2, 0.25) is 0 Å². The van der Waals surface area contributed by atoms with Crippen molar-refractivity contribution in [2.75, 3.05) is 0 Å². The Hall–Kier alpha value is -3.65. The summed E-state index contributed by atoms with van der Waals surface area (Å²) >= 11 is 18.7. The summed E-state index contributed by atoms with van der Waals surface area (Å²) in [4.78, 5) is 19.9. The second kappa shape index (κ2) is 8.95. The van der Waals surface area contributed by atoms with Gasteiger partial charge in [-0.15, -0.1) is 0 Å². The lowest BCUT2D eigenvalue weighted by Gasteiger charge is -2.03. The minimum absolute atomic E-state index is 0.0822. The van der Waals surface area contributed by atoms with E-state index in [9.17, 15) is 10.1 Å². The molecule has 3 aromatic heterocycles. The zero-order chi connectivity index (χ0) is 23.8. The maximum absolute atomic E-state index is 11.1. The van der Waals surface area contributed by atoms with Gasteiger partial charge in [0.25, 0.3) is 5.69 Å². The Bertz CT molecular complexity index is 1590. The summed E-state index contributed by atoms with van der Waals surface area (Å²) in [6, 6.07) is 18.3. The van der Waals surface area contributed by atoms with Crippen LogP contribution in [-0.4, -0.2) is 20.5 Å². The zero-order valence-corrected chi connectivity index (χ0v) is 19.4. The quantitative estimate of drug-likeness (QED) is 0.136. The van der Waals surface area contributed by atoms with E-state index in [1.807, 2.05) is 28.8 Å². The average molecular weight is 512 g/mol. The third kappa shape index (κ3) is 4.17. The predicted octanol–water partition coefficient (Wildman–Crippen LogP) is 7.88. The van der Waals surface area contributed by atoms with E-state index in [-0.39, 0.29) is 5.69 Å². The van der Waals surface area contributed by atoms with Crippen LogP contribution in [-0.2, 0) is 0 Å². The van der Waals surface area contributed by atoms with E-state index >= 15 is 0 Å². The van der Waals surface area contributed by atoms with Crippen molar-refractivity contribution in [3.63, 3.8) is 0 Å². The number of benzene rings is 2. The number of furan rings is 1. The van der Waals surface area contributed by atoms with Gasteiger partial charge in [0, 0.05) is 34.5 Å². The summed E-state index contributed by atoms with van der Waals surface area (Å²) in [6.45, 7) is 0. The maximum Gasteiger partial charge on any atom is 0.270 e. The largest absolute Gasteiger partial charge is 0.455 e. The molecule has 0 aliphatic rings. The minimum Gasteiger partial charge on any atom is -0.455 e.